The van der Waals surface area contributed by atoms with Crippen LogP contribution in [0, 0.1) is 0 Å². The summed E-state index contributed by atoms with van der Waals surface area (Å²) in [5.41, 5.74) is 7.58. The van der Waals surface area contributed by atoms with Crippen molar-refractivity contribution in [2.75, 3.05) is 30.7 Å². The van der Waals surface area contributed by atoms with E-state index in [9.17, 15) is 5.11 Å². The van der Waals surface area contributed by atoms with Gasteiger partial charge in [-0.05, 0) is 25.5 Å². The molecule has 0 radical (unpaired) electrons. The van der Waals surface area contributed by atoms with Crippen LogP contribution in [0.5, 0.6) is 0 Å². The summed E-state index contributed by atoms with van der Waals surface area (Å²) in [5.74, 6) is 1.17. The van der Waals surface area contributed by atoms with Crippen LogP contribution < -0.4 is 16.4 Å². The summed E-state index contributed by atoms with van der Waals surface area (Å²) >= 11 is 0. The Hall–Kier alpha value is -2.23. The Morgan fingerprint density at radius 3 is 2.80 bits per heavy atom. The first kappa shape index (κ1) is 17.6. The Bertz CT molecular complexity index is 695. The fraction of sp³-hybridized carbons (Fsp3) is 0.562. The third-order valence-corrected chi connectivity index (χ3v) is 4.51. The van der Waals surface area contributed by atoms with Crippen molar-refractivity contribution in [3.05, 3.63) is 18.5 Å². The third kappa shape index (κ3) is 4.06. The van der Waals surface area contributed by atoms with Crippen molar-refractivity contribution in [3.63, 3.8) is 0 Å². The van der Waals surface area contributed by atoms with Crippen molar-refractivity contribution >= 4 is 11.8 Å². The molecule has 0 amide bonds. The topological polar surface area (TPSA) is 117 Å². The Labute approximate surface area is 147 Å². The summed E-state index contributed by atoms with van der Waals surface area (Å²) in [6.45, 7) is 4.37. The van der Waals surface area contributed by atoms with Gasteiger partial charge in [-0.15, -0.1) is 0 Å². The Morgan fingerprint density at radius 2 is 2.16 bits per heavy atom. The summed E-state index contributed by atoms with van der Waals surface area (Å²) in [7, 11) is 1.80. The molecule has 1 saturated heterocycles. The monoisotopic (exact) mass is 346 g/mol. The molecule has 3 rings (SSSR count). The van der Waals surface area contributed by atoms with Gasteiger partial charge in [-0.1, -0.05) is 6.92 Å². The minimum atomic E-state index is -0.570. The Balaban J connectivity index is 1.61. The summed E-state index contributed by atoms with van der Waals surface area (Å²) in [6.07, 6.45) is 4.71. The van der Waals surface area contributed by atoms with Gasteiger partial charge in [0.05, 0.1) is 17.5 Å². The lowest BCUT2D eigenvalue weighted by Crippen LogP contribution is -2.50. The lowest BCUT2D eigenvalue weighted by Gasteiger charge is -2.35. The molecule has 0 bridgehead atoms. The van der Waals surface area contributed by atoms with Gasteiger partial charge in [0.25, 0.3) is 0 Å². The highest BCUT2D eigenvalue weighted by Gasteiger charge is 2.23. The number of rotatable bonds is 6. The first-order valence-corrected chi connectivity index (χ1v) is 8.61. The summed E-state index contributed by atoms with van der Waals surface area (Å²) in [5, 5.41) is 20.6. The summed E-state index contributed by atoms with van der Waals surface area (Å²) in [6, 6.07) is 2.11. The number of piperidine rings is 1. The molecule has 0 saturated carbocycles. The van der Waals surface area contributed by atoms with Crippen molar-refractivity contribution < 1.29 is 5.11 Å². The standard InChI is InChI=1S/C16H26N8O/c1-3-18-16(25)24-8-5-11(6-9-24)21-15-19-7-4-13(22-15)12-10-20-23(2)14(12)17/h4,7,10-11,16,18,25H,3,5-6,8-9,17H2,1-2H3,(H,19,21,22). The number of nitrogen functional groups attached to an aromatic ring is 1. The number of anilines is 2. The minimum Gasteiger partial charge on any atom is -0.383 e. The second-order valence-corrected chi connectivity index (χ2v) is 6.22. The number of nitrogens with two attached hydrogens (primary N) is 1. The molecule has 5 N–H and O–H groups in total. The molecule has 1 fully saturated rings. The maximum Gasteiger partial charge on any atom is 0.223 e. The highest BCUT2D eigenvalue weighted by molar-refractivity contribution is 5.70. The average Bonchev–Trinajstić information content (AvgIpc) is 2.95. The van der Waals surface area contributed by atoms with Gasteiger partial charge in [-0.25, -0.2) is 9.97 Å². The van der Waals surface area contributed by atoms with E-state index in [4.69, 9.17) is 5.73 Å². The smallest absolute Gasteiger partial charge is 0.223 e. The lowest BCUT2D eigenvalue weighted by molar-refractivity contribution is -0.0322. The Morgan fingerprint density at radius 1 is 1.40 bits per heavy atom. The zero-order valence-corrected chi connectivity index (χ0v) is 14.7. The second kappa shape index (κ2) is 7.77. The number of nitrogens with one attached hydrogen (secondary N) is 2. The molecule has 1 aliphatic heterocycles. The number of aliphatic hydroxyl groups excluding tert-OH is 1. The molecule has 1 atom stereocenters. The normalized spacial score (nSPS) is 17.6. The van der Waals surface area contributed by atoms with Crippen LogP contribution in [0.4, 0.5) is 11.8 Å². The van der Waals surface area contributed by atoms with Gasteiger partial charge in [-0.2, -0.15) is 5.10 Å². The first-order valence-electron chi connectivity index (χ1n) is 8.61. The fourth-order valence-electron chi connectivity index (χ4n) is 3.01. The fourth-order valence-corrected chi connectivity index (χ4v) is 3.01. The van der Waals surface area contributed by atoms with E-state index in [2.05, 4.69) is 25.7 Å². The van der Waals surface area contributed by atoms with Gasteiger partial charge in [0, 0.05) is 32.4 Å². The third-order valence-electron chi connectivity index (χ3n) is 4.51. The van der Waals surface area contributed by atoms with E-state index in [1.807, 2.05) is 17.9 Å². The van der Waals surface area contributed by atoms with Crippen molar-refractivity contribution in [1.29, 1.82) is 0 Å². The number of hydrogen-bond donors (Lipinski definition) is 4. The van der Waals surface area contributed by atoms with Crippen LogP contribution in [0.2, 0.25) is 0 Å². The van der Waals surface area contributed by atoms with Crippen molar-refractivity contribution in [1.82, 2.24) is 30.0 Å². The molecule has 1 unspecified atom stereocenters. The number of aliphatic hydroxyl groups is 1. The second-order valence-electron chi connectivity index (χ2n) is 6.22. The summed E-state index contributed by atoms with van der Waals surface area (Å²) in [4.78, 5) is 10.9. The molecule has 0 aliphatic carbocycles. The molecular formula is C16H26N8O. The first-order chi connectivity index (χ1) is 12.1. The SMILES string of the molecule is CCNC(O)N1CCC(Nc2nccc(-c3cnn(C)c3N)n2)CC1. The zero-order chi connectivity index (χ0) is 17.8. The molecule has 3 heterocycles. The van der Waals surface area contributed by atoms with Crippen LogP contribution in [0.25, 0.3) is 11.3 Å². The summed E-state index contributed by atoms with van der Waals surface area (Å²) < 4.78 is 1.62. The largest absolute Gasteiger partial charge is 0.383 e. The number of likely N-dealkylation sites (tertiary alicyclic amines) is 1. The number of aromatic nitrogens is 4. The van der Waals surface area contributed by atoms with E-state index in [0.29, 0.717) is 11.8 Å². The van der Waals surface area contributed by atoms with Crippen LogP contribution >= 0.6 is 0 Å². The Kier molecular flexibility index (Phi) is 5.47. The predicted molar refractivity (Wildman–Crippen MR) is 96.5 cm³/mol. The minimum absolute atomic E-state index is 0.284. The molecule has 25 heavy (non-hydrogen) atoms. The molecule has 136 valence electrons. The lowest BCUT2D eigenvalue weighted by atomic mass is 10.1. The van der Waals surface area contributed by atoms with Gasteiger partial charge >= 0.3 is 0 Å². The van der Waals surface area contributed by atoms with Crippen LogP contribution in [-0.4, -0.2) is 61.8 Å². The van der Waals surface area contributed by atoms with Crippen LogP contribution in [0.15, 0.2) is 18.5 Å². The van der Waals surface area contributed by atoms with Crippen LogP contribution in [0.1, 0.15) is 19.8 Å². The van der Waals surface area contributed by atoms with E-state index in [-0.39, 0.29) is 6.04 Å². The van der Waals surface area contributed by atoms with Gasteiger partial charge < -0.3 is 16.2 Å². The molecule has 0 aromatic carbocycles. The van der Waals surface area contributed by atoms with E-state index in [1.165, 1.54) is 0 Å². The van der Waals surface area contributed by atoms with Gasteiger partial charge in [0.15, 0.2) is 6.35 Å². The zero-order valence-electron chi connectivity index (χ0n) is 14.7. The van der Waals surface area contributed by atoms with Crippen molar-refractivity contribution in [2.45, 2.75) is 32.2 Å². The predicted octanol–water partition coefficient (Wildman–Crippen LogP) is 0.221. The van der Waals surface area contributed by atoms with Crippen LogP contribution in [0.3, 0.4) is 0 Å². The quantitative estimate of drug-likeness (QED) is 0.549. The van der Waals surface area contributed by atoms with E-state index in [1.54, 1.807) is 24.1 Å². The maximum absolute atomic E-state index is 9.99. The number of aryl methyl sites for hydroxylation is 1. The van der Waals surface area contributed by atoms with Crippen LogP contribution in [-0.2, 0) is 7.05 Å². The van der Waals surface area contributed by atoms with Crippen molar-refractivity contribution in [2.24, 2.45) is 7.05 Å². The maximum atomic E-state index is 9.99. The molecule has 1 aliphatic rings. The average molecular weight is 346 g/mol. The van der Waals surface area contributed by atoms with Gasteiger partial charge in [0.1, 0.15) is 5.82 Å². The molecule has 9 heteroatoms. The molecule has 0 spiro atoms. The molecular weight excluding hydrogens is 320 g/mol. The number of nitrogens with zero attached hydrogens (tertiary/aromatic N) is 5. The highest BCUT2D eigenvalue weighted by atomic mass is 16.3. The van der Waals surface area contributed by atoms with E-state index >= 15 is 0 Å². The van der Waals surface area contributed by atoms with E-state index in [0.717, 1.165) is 43.7 Å². The molecule has 2 aromatic rings. The van der Waals surface area contributed by atoms with Crippen molar-refractivity contribution in [3.8, 4) is 11.3 Å². The molecule has 9 nitrogen and oxygen atoms in total. The van der Waals surface area contributed by atoms with E-state index < -0.39 is 6.35 Å². The van der Waals surface area contributed by atoms with Gasteiger partial charge in [0.2, 0.25) is 5.95 Å². The highest BCUT2D eigenvalue weighted by Crippen LogP contribution is 2.24. The van der Waals surface area contributed by atoms with Gasteiger partial charge in [-0.3, -0.25) is 14.9 Å². The molecule has 2 aromatic heterocycles. The number of hydrogen-bond acceptors (Lipinski definition) is 8.